The second kappa shape index (κ2) is 11.9. The van der Waals surface area contributed by atoms with E-state index in [1.807, 2.05) is 43.3 Å². The highest BCUT2D eigenvalue weighted by molar-refractivity contribution is 6.04. The number of nitrogens with one attached hydrogen (secondary N) is 2. The van der Waals surface area contributed by atoms with Gasteiger partial charge in [0.1, 0.15) is 5.82 Å². The van der Waals surface area contributed by atoms with Crippen LogP contribution in [0.1, 0.15) is 34.3 Å². The van der Waals surface area contributed by atoms with Gasteiger partial charge in [0.2, 0.25) is 5.95 Å². The molecule has 0 saturated carbocycles. The average Bonchev–Trinajstić information content (AvgIpc) is 3.02. The number of fused-ring (bicyclic) bond motifs is 1. The number of pyridine rings is 1. The fourth-order valence-corrected chi connectivity index (χ4v) is 5.18. The number of amides is 1. The molecule has 6 rings (SSSR count). The number of nitrogens with zero attached hydrogens (tertiary/aromatic N) is 4. The number of hydrogen-bond donors (Lipinski definition) is 3. The third-order valence-corrected chi connectivity index (χ3v) is 7.63. The Kier molecular flexibility index (Phi) is 7.88. The number of aromatic nitrogens is 3. The van der Waals surface area contributed by atoms with E-state index in [1.165, 1.54) is 12.1 Å². The van der Waals surface area contributed by atoms with Crippen molar-refractivity contribution < 1.29 is 23.1 Å². The first-order valence-corrected chi connectivity index (χ1v) is 14.1. The molecule has 3 heterocycles. The van der Waals surface area contributed by atoms with Crippen LogP contribution in [0.25, 0.3) is 22.0 Å². The molecule has 1 fully saturated rings. The molecule has 44 heavy (non-hydrogen) atoms. The van der Waals surface area contributed by atoms with Crippen molar-refractivity contribution in [1.29, 1.82) is 0 Å². The Morgan fingerprint density at radius 2 is 1.73 bits per heavy atom. The summed E-state index contributed by atoms with van der Waals surface area (Å²) in [6.45, 7) is 3.49. The van der Waals surface area contributed by atoms with Crippen molar-refractivity contribution in [2.45, 2.75) is 32.0 Å². The van der Waals surface area contributed by atoms with Crippen LogP contribution >= 0.6 is 0 Å². The van der Waals surface area contributed by atoms with Gasteiger partial charge in [0, 0.05) is 35.9 Å². The van der Waals surface area contributed by atoms with Crippen molar-refractivity contribution in [3.63, 3.8) is 0 Å². The van der Waals surface area contributed by atoms with Gasteiger partial charge in [-0.3, -0.25) is 4.79 Å². The first-order valence-electron chi connectivity index (χ1n) is 14.1. The van der Waals surface area contributed by atoms with Crippen molar-refractivity contribution in [1.82, 2.24) is 15.0 Å². The molecule has 0 unspecified atom stereocenters. The number of halogens is 3. The zero-order chi connectivity index (χ0) is 30.8. The van der Waals surface area contributed by atoms with Crippen LogP contribution in [-0.4, -0.2) is 45.2 Å². The molecule has 1 aliphatic rings. The molecular weight excluding hydrogens is 569 g/mol. The van der Waals surface area contributed by atoms with Gasteiger partial charge in [0.25, 0.3) is 5.91 Å². The fraction of sp³-hybridized carbons (Fsp3) is 0.212. The second-order valence-electron chi connectivity index (χ2n) is 10.8. The smallest absolute Gasteiger partial charge is 0.393 e. The number of anilines is 4. The number of piperidine rings is 1. The third-order valence-electron chi connectivity index (χ3n) is 7.63. The zero-order valence-corrected chi connectivity index (χ0v) is 23.8. The molecule has 8 nitrogen and oxygen atoms in total. The van der Waals surface area contributed by atoms with Gasteiger partial charge in [0.05, 0.1) is 29.1 Å². The highest BCUT2D eigenvalue weighted by Gasteiger charge is 2.31. The van der Waals surface area contributed by atoms with E-state index < -0.39 is 17.6 Å². The van der Waals surface area contributed by atoms with Crippen molar-refractivity contribution >= 4 is 40.0 Å². The summed E-state index contributed by atoms with van der Waals surface area (Å²) >= 11 is 0. The Labute approximate surface area is 251 Å². The topological polar surface area (TPSA) is 103 Å². The summed E-state index contributed by atoms with van der Waals surface area (Å²) in [6.07, 6.45) is 0.156. The summed E-state index contributed by atoms with van der Waals surface area (Å²) in [7, 11) is 0. The van der Waals surface area contributed by atoms with E-state index in [0.717, 1.165) is 77.2 Å². The summed E-state index contributed by atoms with van der Waals surface area (Å²) < 4.78 is 39.3. The molecule has 1 aliphatic heterocycles. The van der Waals surface area contributed by atoms with Crippen LogP contribution in [0.15, 0.2) is 85.2 Å². The lowest BCUT2D eigenvalue weighted by Crippen LogP contribution is -2.36. The Morgan fingerprint density at radius 1 is 0.932 bits per heavy atom. The lowest BCUT2D eigenvalue weighted by atomic mass is 9.98. The maximum atomic E-state index is 13.1. The van der Waals surface area contributed by atoms with Gasteiger partial charge in [-0.2, -0.15) is 13.2 Å². The number of aliphatic hydroxyl groups excluding tert-OH is 1. The molecule has 1 saturated heterocycles. The molecule has 11 heteroatoms. The minimum absolute atomic E-state index is 0.0799. The number of hydrogen-bond acceptors (Lipinski definition) is 7. The molecule has 3 aromatic carbocycles. The van der Waals surface area contributed by atoms with E-state index in [1.54, 1.807) is 24.5 Å². The quantitative estimate of drug-likeness (QED) is 0.194. The average molecular weight is 599 g/mol. The summed E-state index contributed by atoms with van der Waals surface area (Å²) in [5, 5.41) is 16.4. The minimum Gasteiger partial charge on any atom is -0.393 e. The molecule has 5 aromatic rings. The fourth-order valence-electron chi connectivity index (χ4n) is 5.18. The minimum atomic E-state index is -4.54. The molecule has 224 valence electrons. The highest BCUT2D eigenvalue weighted by atomic mass is 19.4. The van der Waals surface area contributed by atoms with E-state index in [2.05, 4.69) is 30.5 Å². The molecule has 0 bridgehead atoms. The summed E-state index contributed by atoms with van der Waals surface area (Å²) in [4.78, 5) is 28.6. The van der Waals surface area contributed by atoms with E-state index in [9.17, 15) is 23.1 Å². The number of rotatable bonds is 6. The van der Waals surface area contributed by atoms with Crippen molar-refractivity contribution in [2.75, 3.05) is 28.6 Å². The van der Waals surface area contributed by atoms with Crippen LogP contribution < -0.4 is 15.5 Å². The Balaban J connectivity index is 1.17. The number of carbonyl (C=O) groups excluding carboxylic acids is 1. The van der Waals surface area contributed by atoms with Gasteiger partial charge in [-0.05, 0) is 91.1 Å². The molecular formula is C33H29F3N6O2. The van der Waals surface area contributed by atoms with Crippen LogP contribution in [0.5, 0.6) is 0 Å². The largest absolute Gasteiger partial charge is 0.416 e. The number of alkyl halides is 3. The summed E-state index contributed by atoms with van der Waals surface area (Å²) in [5.41, 5.74) is 3.67. The van der Waals surface area contributed by atoms with Crippen LogP contribution in [-0.2, 0) is 6.18 Å². The molecule has 0 atom stereocenters. The summed E-state index contributed by atoms with van der Waals surface area (Å²) in [5.74, 6) is 0.661. The van der Waals surface area contributed by atoms with Gasteiger partial charge >= 0.3 is 6.18 Å². The van der Waals surface area contributed by atoms with Crippen molar-refractivity contribution in [3.05, 3.63) is 102 Å². The zero-order valence-electron chi connectivity index (χ0n) is 23.8. The Bertz CT molecular complexity index is 1820. The maximum Gasteiger partial charge on any atom is 0.416 e. The standard InChI is InChI=1S/C33H29F3N6O2/c1-20-5-7-25(39-31(44)22-3-2-4-24(16-22)33(34,35)36)17-28(20)21-6-9-29-23(15-21)18-38-32(41-29)40-26-8-10-30(37-19-26)42-13-11-27(43)12-14-42/h2-10,15-19,27,43H,11-14H2,1H3,(H,39,44)(H,38,40,41). The monoisotopic (exact) mass is 598 g/mol. The van der Waals surface area contributed by atoms with Gasteiger partial charge in [0.15, 0.2) is 0 Å². The van der Waals surface area contributed by atoms with Gasteiger partial charge in [-0.15, -0.1) is 0 Å². The molecule has 2 aromatic heterocycles. The SMILES string of the molecule is Cc1ccc(NC(=O)c2cccc(C(F)(F)F)c2)cc1-c1ccc2nc(Nc3ccc(N4CCC(O)CC4)nc3)ncc2c1. The molecule has 0 aliphatic carbocycles. The summed E-state index contributed by atoms with van der Waals surface area (Å²) in [6, 6.07) is 19.3. The third kappa shape index (κ3) is 6.47. The first-order chi connectivity index (χ1) is 21.1. The van der Waals surface area contributed by atoms with Crippen LogP contribution in [0.3, 0.4) is 0 Å². The number of aryl methyl sites for hydroxylation is 1. The molecule has 0 radical (unpaired) electrons. The van der Waals surface area contributed by atoms with E-state index >= 15 is 0 Å². The van der Waals surface area contributed by atoms with Crippen LogP contribution in [0.2, 0.25) is 0 Å². The van der Waals surface area contributed by atoms with Crippen LogP contribution in [0, 0.1) is 6.92 Å². The molecule has 0 spiro atoms. The maximum absolute atomic E-state index is 13.1. The van der Waals surface area contributed by atoms with Gasteiger partial charge in [-0.1, -0.05) is 18.2 Å². The predicted molar refractivity (Wildman–Crippen MR) is 164 cm³/mol. The second-order valence-corrected chi connectivity index (χ2v) is 10.8. The first kappa shape index (κ1) is 29.1. The normalized spacial score (nSPS) is 14.1. The van der Waals surface area contributed by atoms with E-state index in [-0.39, 0.29) is 11.7 Å². The van der Waals surface area contributed by atoms with E-state index in [0.29, 0.717) is 11.6 Å². The lowest BCUT2D eigenvalue weighted by Gasteiger charge is -2.30. The predicted octanol–water partition coefficient (Wildman–Crippen LogP) is 6.98. The number of aliphatic hydroxyl groups is 1. The van der Waals surface area contributed by atoms with Crippen LogP contribution in [0.4, 0.5) is 36.3 Å². The Hall–Kier alpha value is -5.03. The highest BCUT2D eigenvalue weighted by Crippen LogP contribution is 2.31. The van der Waals surface area contributed by atoms with E-state index in [4.69, 9.17) is 0 Å². The Morgan fingerprint density at radius 3 is 2.48 bits per heavy atom. The van der Waals surface area contributed by atoms with Gasteiger partial charge in [-0.25, -0.2) is 15.0 Å². The molecule has 1 amide bonds. The lowest BCUT2D eigenvalue weighted by molar-refractivity contribution is -0.137. The number of benzene rings is 3. The van der Waals surface area contributed by atoms with Crippen molar-refractivity contribution in [3.8, 4) is 11.1 Å². The number of carbonyl (C=O) groups is 1. The molecule has 3 N–H and O–H groups in total. The van der Waals surface area contributed by atoms with Gasteiger partial charge < -0.3 is 20.6 Å². The van der Waals surface area contributed by atoms with Crippen molar-refractivity contribution in [2.24, 2.45) is 0 Å².